The zero-order chi connectivity index (χ0) is 11.6. The van der Waals surface area contributed by atoms with Crippen molar-refractivity contribution in [3.63, 3.8) is 0 Å². The van der Waals surface area contributed by atoms with Gasteiger partial charge < -0.3 is 10.6 Å². The van der Waals surface area contributed by atoms with E-state index < -0.39 is 12.5 Å². The fraction of sp³-hybridized carbons (Fsp3) is 0.667. The molecule has 1 heterocycles. The lowest BCUT2D eigenvalue weighted by Gasteiger charge is -2.08. The molecular weight excluding hydrogens is 220 g/mol. The third kappa shape index (κ3) is 3.10. The van der Waals surface area contributed by atoms with E-state index in [0.29, 0.717) is 0 Å². The molecule has 0 fully saturated rings. The van der Waals surface area contributed by atoms with E-state index in [1.54, 1.807) is 0 Å². The monoisotopic (exact) mass is 235 g/mol. The van der Waals surface area contributed by atoms with Crippen LogP contribution in [0.3, 0.4) is 0 Å². The first-order valence-electron chi connectivity index (χ1n) is 4.59. The predicted molar refractivity (Wildman–Crippen MR) is 58.9 cm³/mol. The summed E-state index contributed by atoms with van der Waals surface area (Å²) in [5.41, 5.74) is 6.11. The second-order valence-corrected chi connectivity index (χ2v) is 4.66. The van der Waals surface area contributed by atoms with E-state index in [4.69, 9.17) is 5.73 Å². The number of nitrogens with zero attached hydrogens (tertiary/aromatic N) is 2. The van der Waals surface area contributed by atoms with Gasteiger partial charge in [0.05, 0.1) is 11.7 Å². The number of anilines is 1. The Bertz CT molecular complexity index is 325. The number of aryl methyl sites for hydroxylation is 1. The van der Waals surface area contributed by atoms with Gasteiger partial charge in [-0.1, -0.05) is 0 Å². The van der Waals surface area contributed by atoms with E-state index in [9.17, 15) is 8.78 Å². The van der Waals surface area contributed by atoms with Gasteiger partial charge in [-0.3, -0.25) is 0 Å². The summed E-state index contributed by atoms with van der Waals surface area (Å²) in [4.78, 5) is 6.96. The van der Waals surface area contributed by atoms with E-state index in [1.807, 2.05) is 25.9 Å². The van der Waals surface area contributed by atoms with Gasteiger partial charge in [0.15, 0.2) is 5.13 Å². The van der Waals surface area contributed by atoms with Gasteiger partial charge in [-0.2, -0.15) is 0 Å². The third-order valence-electron chi connectivity index (χ3n) is 2.01. The maximum Gasteiger partial charge on any atom is 0.253 e. The zero-order valence-electron chi connectivity index (χ0n) is 9.00. The smallest absolute Gasteiger partial charge is 0.253 e. The minimum Gasteiger partial charge on any atom is -0.354 e. The first kappa shape index (κ1) is 12.3. The van der Waals surface area contributed by atoms with Crippen LogP contribution in [0.1, 0.15) is 10.6 Å². The molecular formula is C9H15F2N3S. The summed E-state index contributed by atoms with van der Waals surface area (Å²) < 4.78 is 24.5. The van der Waals surface area contributed by atoms with Gasteiger partial charge in [0.25, 0.3) is 6.43 Å². The molecule has 0 aliphatic rings. The molecule has 6 heteroatoms. The van der Waals surface area contributed by atoms with Crippen LogP contribution in [0.15, 0.2) is 0 Å². The van der Waals surface area contributed by atoms with Crippen molar-refractivity contribution in [2.45, 2.75) is 25.8 Å². The van der Waals surface area contributed by atoms with Gasteiger partial charge in [0, 0.05) is 25.4 Å². The highest BCUT2D eigenvalue weighted by molar-refractivity contribution is 7.15. The van der Waals surface area contributed by atoms with E-state index in [0.717, 1.165) is 15.7 Å². The molecule has 86 valence electrons. The van der Waals surface area contributed by atoms with Crippen LogP contribution in [0.4, 0.5) is 13.9 Å². The average molecular weight is 235 g/mol. The van der Waals surface area contributed by atoms with Gasteiger partial charge in [0.1, 0.15) is 0 Å². The van der Waals surface area contributed by atoms with Crippen LogP contribution in [0, 0.1) is 6.92 Å². The summed E-state index contributed by atoms with van der Waals surface area (Å²) in [7, 11) is 3.74. The molecule has 1 atom stereocenters. The number of nitrogens with two attached hydrogens (primary N) is 1. The highest BCUT2D eigenvalue weighted by Gasteiger charge is 2.19. The molecule has 0 saturated heterocycles. The molecule has 1 unspecified atom stereocenters. The number of thiazole rings is 1. The second kappa shape index (κ2) is 4.85. The summed E-state index contributed by atoms with van der Waals surface area (Å²) in [5, 5.41) is 0.823. The maximum atomic E-state index is 12.3. The summed E-state index contributed by atoms with van der Waals surface area (Å²) in [6.07, 6.45) is -2.29. The summed E-state index contributed by atoms with van der Waals surface area (Å²) >= 11 is 1.41. The Labute approximate surface area is 91.9 Å². The molecule has 1 aromatic heterocycles. The number of rotatable bonds is 4. The maximum absolute atomic E-state index is 12.3. The lowest BCUT2D eigenvalue weighted by molar-refractivity contribution is 0.116. The molecule has 0 spiro atoms. The molecule has 2 N–H and O–H groups in total. The standard InChI is InChI=1S/C9H15F2N3S/c1-5-7(4-6(12)8(10)11)15-9(13-5)14(2)3/h6,8H,4,12H2,1-3H3. The quantitative estimate of drug-likeness (QED) is 0.863. The largest absolute Gasteiger partial charge is 0.354 e. The minimum absolute atomic E-state index is 0.189. The highest BCUT2D eigenvalue weighted by Crippen LogP contribution is 2.26. The fourth-order valence-corrected chi connectivity index (χ4v) is 2.15. The van der Waals surface area contributed by atoms with Crippen LogP contribution in [-0.2, 0) is 6.42 Å². The van der Waals surface area contributed by atoms with Crippen molar-refractivity contribution in [2.24, 2.45) is 5.73 Å². The van der Waals surface area contributed by atoms with Crippen LogP contribution in [0.5, 0.6) is 0 Å². The van der Waals surface area contributed by atoms with Gasteiger partial charge in [0.2, 0.25) is 0 Å². The van der Waals surface area contributed by atoms with Gasteiger partial charge in [-0.25, -0.2) is 13.8 Å². The number of halogens is 2. The Morgan fingerprint density at radius 3 is 2.47 bits per heavy atom. The van der Waals surface area contributed by atoms with Crippen LogP contribution in [0.25, 0.3) is 0 Å². The first-order valence-corrected chi connectivity index (χ1v) is 5.40. The van der Waals surface area contributed by atoms with Crippen molar-refractivity contribution in [1.82, 2.24) is 4.98 Å². The lowest BCUT2D eigenvalue weighted by atomic mass is 10.2. The normalized spacial score (nSPS) is 13.3. The van der Waals surface area contributed by atoms with Crippen molar-refractivity contribution in [2.75, 3.05) is 19.0 Å². The summed E-state index contributed by atoms with van der Waals surface area (Å²) in [5.74, 6) is 0. The fourth-order valence-electron chi connectivity index (χ4n) is 1.10. The highest BCUT2D eigenvalue weighted by atomic mass is 32.1. The van der Waals surface area contributed by atoms with Crippen molar-refractivity contribution in [3.05, 3.63) is 10.6 Å². The van der Waals surface area contributed by atoms with Crippen LogP contribution < -0.4 is 10.6 Å². The van der Waals surface area contributed by atoms with Crippen LogP contribution in [-0.4, -0.2) is 31.5 Å². The van der Waals surface area contributed by atoms with Gasteiger partial charge in [-0.15, -0.1) is 11.3 Å². The van der Waals surface area contributed by atoms with Crippen LogP contribution >= 0.6 is 11.3 Å². The molecule has 0 radical (unpaired) electrons. The second-order valence-electron chi connectivity index (χ2n) is 3.60. The Morgan fingerprint density at radius 2 is 2.07 bits per heavy atom. The summed E-state index contributed by atoms with van der Waals surface area (Å²) in [6, 6.07) is -1.10. The zero-order valence-corrected chi connectivity index (χ0v) is 9.81. The molecule has 0 amide bonds. The predicted octanol–water partition coefficient (Wildman–Crippen LogP) is 1.65. The number of hydrogen-bond donors (Lipinski definition) is 1. The van der Waals surface area contributed by atoms with E-state index in [-0.39, 0.29) is 6.42 Å². The molecule has 0 aliphatic heterocycles. The molecule has 0 aromatic carbocycles. The van der Waals surface area contributed by atoms with E-state index >= 15 is 0 Å². The lowest BCUT2D eigenvalue weighted by Crippen LogP contribution is -2.30. The molecule has 0 aliphatic carbocycles. The van der Waals surface area contributed by atoms with Gasteiger partial charge >= 0.3 is 0 Å². The van der Waals surface area contributed by atoms with Crippen molar-refractivity contribution < 1.29 is 8.78 Å². The molecule has 3 nitrogen and oxygen atoms in total. The molecule has 15 heavy (non-hydrogen) atoms. The van der Waals surface area contributed by atoms with Crippen molar-refractivity contribution in [1.29, 1.82) is 0 Å². The molecule has 0 bridgehead atoms. The van der Waals surface area contributed by atoms with E-state index in [1.165, 1.54) is 11.3 Å². The minimum atomic E-state index is -2.48. The first-order chi connectivity index (χ1) is 6.91. The van der Waals surface area contributed by atoms with Crippen molar-refractivity contribution in [3.8, 4) is 0 Å². The number of aromatic nitrogens is 1. The molecule has 0 saturated carbocycles. The molecule has 1 aromatic rings. The summed E-state index contributed by atoms with van der Waals surface area (Å²) in [6.45, 7) is 1.82. The third-order valence-corrected chi connectivity index (χ3v) is 3.36. The Hall–Kier alpha value is -0.750. The van der Waals surface area contributed by atoms with E-state index in [2.05, 4.69) is 4.98 Å². The Balaban J connectivity index is 2.77. The Kier molecular flexibility index (Phi) is 3.98. The van der Waals surface area contributed by atoms with Crippen molar-refractivity contribution >= 4 is 16.5 Å². The number of alkyl halides is 2. The average Bonchev–Trinajstić information content (AvgIpc) is 2.47. The SMILES string of the molecule is Cc1nc(N(C)C)sc1CC(N)C(F)F. The topological polar surface area (TPSA) is 42.2 Å². The molecule has 1 rings (SSSR count). The number of hydrogen-bond acceptors (Lipinski definition) is 4. The van der Waals surface area contributed by atoms with Gasteiger partial charge in [-0.05, 0) is 6.92 Å². The van der Waals surface area contributed by atoms with Crippen LogP contribution in [0.2, 0.25) is 0 Å². The Morgan fingerprint density at radius 1 is 1.47 bits per heavy atom.